The van der Waals surface area contributed by atoms with Crippen LogP contribution in [0.5, 0.6) is 0 Å². The van der Waals surface area contributed by atoms with Crippen LogP contribution in [-0.2, 0) is 4.74 Å². The maximum absolute atomic E-state index is 10.8. The van der Waals surface area contributed by atoms with E-state index < -0.39 is 6.10 Å². The number of aliphatic hydroxyl groups is 1. The fourth-order valence-corrected chi connectivity index (χ4v) is 5.37. The van der Waals surface area contributed by atoms with E-state index in [2.05, 4.69) is 59.1 Å². The highest BCUT2D eigenvalue weighted by atomic mass is 35.5. The lowest BCUT2D eigenvalue weighted by atomic mass is 9.80. The molecule has 1 fully saturated rings. The molecule has 0 saturated heterocycles. The number of alkyl halides is 1. The molecule has 3 N–H and O–H groups in total. The molecule has 0 radical (unpaired) electrons. The number of fused-ring (bicyclic) bond motifs is 2. The van der Waals surface area contributed by atoms with Gasteiger partial charge in [0.25, 0.3) is 0 Å². The van der Waals surface area contributed by atoms with E-state index in [-0.39, 0.29) is 28.0 Å². The summed E-state index contributed by atoms with van der Waals surface area (Å²) in [6, 6.07) is 0.391. The zero-order chi connectivity index (χ0) is 23.2. The average Bonchev–Trinajstić information content (AvgIpc) is 3.27. The van der Waals surface area contributed by atoms with Crippen molar-refractivity contribution in [2.45, 2.75) is 116 Å². The van der Waals surface area contributed by atoms with Crippen molar-refractivity contribution in [3.8, 4) is 0 Å². The molecule has 1 heterocycles. The lowest BCUT2D eigenvalue weighted by Gasteiger charge is -2.36. The molecule has 3 rings (SSSR count). The van der Waals surface area contributed by atoms with E-state index in [4.69, 9.17) is 16.3 Å². The van der Waals surface area contributed by atoms with Crippen LogP contribution in [0.2, 0.25) is 0 Å². The Bertz CT molecular complexity index is 718. The molecular formula is C26H45ClN2O2. The highest BCUT2D eigenvalue weighted by Crippen LogP contribution is 2.59. The number of allylic oxidation sites excluding steroid dienone is 1. The van der Waals surface area contributed by atoms with Crippen molar-refractivity contribution >= 4 is 11.6 Å². The van der Waals surface area contributed by atoms with Crippen molar-refractivity contribution in [3.05, 3.63) is 23.0 Å². The molecule has 1 aliphatic heterocycles. The second-order valence-corrected chi connectivity index (χ2v) is 12.7. The molecule has 0 aromatic carbocycles. The maximum atomic E-state index is 10.8. The van der Waals surface area contributed by atoms with E-state index >= 15 is 0 Å². The molecule has 6 unspecified atom stereocenters. The highest BCUT2D eigenvalue weighted by molar-refractivity contribution is 6.20. The number of aliphatic hydroxyl groups excluding tert-OH is 1. The van der Waals surface area contributed by atoms with E-state index in [0.29, 0.717) is 12.0 Å². The number of nitrogens with one attached hydrogen (secondary N) is 2. The lowest BCUT2D eigenvalue weighted by molar-refractivity contribution is 0.0796. The summed E-state index contributed by atoms with van der Waals surface area (Å²) in [5, 5.41) is 17.9. The van der Waals surface area contributed by atoms with Crippen molar-refractivity contribution in [2.24, 2.45) is 16.7 Å². The van der Waals surface area contributed by atoms with Gasteiger partial charge in [0.05, 0.1) is 17.1 Å². The molecule has 2 aliphatic carbocycles. The minimum atomic E-state index is -0.539. The van der Waals surface area contributed by atoms with Gasteiger partial charge in [0.2, 0.25) is 0 Å². The van der Waals surface area contributed by atoms with Crippen LogP contribution in [0, 0.1) is 16.7 Å². The Morgan fingerprint density at radius 2 is 1.84 bits per heavy atom. The van der Waals surface area contributed by atoms with Gasteiger partial charge in [-0.1, -0.05) is 52.7 Å². The van der Waals surface area contributed by atoms with Crippen LogP contribution in [0.25, 0.3) is 0 Å². The Balaban J connectivity index is 1.83. The molecule has 6 atom stereocenters. The highest BCUT2D eigenvalue weighted by Gasteiger charge is 2.68. The normalized spacial score (nSPS) is 33.5. The van der Waals surface area contributed by atoms with E-state index in [9.17, 15) is 5.11 Å². The molecule has 3 aliphatic rings. The van der Waals surface area contributed by atoms with Gasteiger partial charge in [-0.3, -0.25) is 0 Å². The zero-order valence-corrected chi connectivity index (χ0v) is 21.7. The largest absolute Gasteiger partial charge is 0.492 e. The van der Waals surface area contributed by atoms with Crippen LogP contribution < -0.4 is 10.6 Å². The van der Waals surface area contributed by atoms with Gasteiger partial charge < -0.3 is 20.5 Å². The van der Waals surface area contributed by atoms with Crippen LogP contribution in [0.15, 0.2) is 23.0 Å². The number of hydrogen-bond donors (Lipinski definition) is 3. The molecule has 178 valence electrons. The van der Waals surface area contributed by atoms with Gasteiger partial charge in [-0.15, -0.1) is 11.6 Å². The summed E-state index contributed by atoms with van der Waals surface area (Å²) in [5.41, 5.74) is 2.86. The molecule has 0 spiro atoms. The Morgan fingerprint density at radius 3 is 2.39 bits per heavy atom. The predicted molar refractivity (Wildman–Crippen MR) is 130 cm³/mol. The van der Waals surface area contributed by atoms with Gasteiger partial charge in [-0.05, 0) is 64.0 Å². The summed E-state index contributed by atoms with van der Waals surface area (Å²) < 4.78 is 6.75. The van der Waals surface area contributed by atoms with Crippen LogP contribution in [0.4, 0.5) is 0 Å². The minimum Gasteiger partial charge on any atom is -0.492 e. The van der Waals surface area contributed by atoms with E-state index in [1.165, 1.54) is 25.7 Å². The van der Waals surface area contributed by atoms with Gasteiger partial charge in [-0.25, -0.2) is 0 Å². The summed E-state index contributed by atoms with van der Waals surface area (Å²) in [6.07, 6.45) is 8.49. The van der Waals surface area contributed by atoms with Crippen molar-refractivity contribution < 1.29 is 9.84 Å². The summed E-state index contributed by atoms with van der Waals surface area (Å²) >= 11 is 6.36. The quantitative estimate of drug-likeness (QED) is 0.206. The number of ether oxygens (including phenoxy) is 1. The molecule has 1 saturated carbocycles. The summed E-state index contributed by atoms with van der Waals surface area (Å²) in [4.78, 5) is 0. The average molecular weight is 453 g/mol. The third kappa shape index (κ3) is 5.34. The van der Waals surface area contributed by atoms with Gasteiger partial charge in [-0.2, -0.15) is 0 Å². The van der Waals surface area contributed by atoms with Gasteiger partial charge in [0.1, 0.15) is 11.9 Å². The van der Waals surface area contributed by atoms with Crippen LogP contribution in [0.3, 0.4) is 0 Å². The fourth-order valence-electron chi connectivity index (χ4n) is 5.25. The summed E-state index contributed by atoms with van der Waals surface area (Å²) in [5.74, 6) is 1.34. The van der Waals surface area contributed by atoms with Gasteiger partial charge in [0, 0.05) is 17.4 Å². The predicted octanol–water partition coefficient (Wildman–Crippen LogP) is 5.50. The second kappa shape index (κ2) is 9.00. The smallest absolute Gasteiger partial charge is 0.125 e. The lowest BCUT2D eigenvalue weighted by Crippen LogP contribution is -2.47. The minimum absolute atomic E-state index is 0.0144. The maximum Gasteiger partial charge on any atom is 0.125 e. The van der Waals surface area contributed by atoms with Gasteiger partial charge >= 0.3 is 0 Å². The molecule has 4 nitrogen and oxygen atoms in total. The molecule has 0 bridgehead atoms. The SMILES string of the molecule is CNC(Cl)CCC1NC2(C)C(O/C(=C\C(O)C(C)(C)C)C(C)(C)C)C2C2=C1CCCC2. The zero-order valence-electron chi connectivity index (χ0n) is 20.9. The standard InChI is InChI=1S/C26H45ClN2O2/c1-24(2,3)19(30)15-20(25(4,5)6)31-23-22-17-12-10-9-11-16(17)18(29-26(22,23)7)13-14-21(27)28-8/h15,18-19,21-23,28-30H,9-14H2,1-8H3/b20-15-. The summed E-state index contributed by atoms with van der Waals surface area (Å²) in [6.45, 7) is 15.0. The number of hydrogen-bond acceptors (Lipinski definition) is 4. The Hall–Kier alpha value is -0.550. The first-order valence-electron chi connectivity index (χ1n) is 12.2. The van der Waals surface area contributed by atoms with Crippen molar-refractivity contribution in [2.75, 3.05) is 7.05 Å². The van der Waals surface area contributed by atoms with Crippen molar-refractivity contribution in [3.63, 3.8) is 0 Å². The number of rotatable bonds is 7. The molecule has 5 heteroatoms. The molecule has 0 aromatic heterocycles. The molecule has 31 heavy (non-hydrogen) atoms. The molecule has 0 aromatic rings. The molecular weight excluding hydrogens is 408 g/mol. The summed E-state index contributed by atoms with van der Waals surface area (Å²) in [7, 11) is 1.92. The van der Waals surface area contributed by atoms with E-state index in [1.807, 2.05) is 13.1 Å². The van der Waals surface area contributed by atoms with E-state index in [1.54, 1.807) is 11.1 Å². The third-order valence-corrected chi connectivity index (χ3v) is 7.91. The Kier molecular flexibility index (Phi) is 7.29. The Morgan fingerprint density at radius 1 is 1.23 bits per heavy atom. The fraction of sp³-hybridized carbons (Fsp3) is 0.846. The molecule has 0 amide bonds. The first-order chi connectivity index (χ1) is 14.3. The second-order valence-electron chi connectivity index (χ2n) is 12.2. The van der Waals surface area contributed by atoms with E-state index in [0.717, 1.165) is 18.6 Å². The van der Waals surface area contributed by atoms with Gasteiger partial charge in [0.15, 0.2) is 0 Å². The van der Waals surface area contributed by atoms with Crippen molar-refractivity contribution in [1.29, 1.82) is 0 Å². The first kappa shape index (κ1) is 25.1. The first-order valence-corrected chi connectivity index (χ1v) is 12.6. The monoisotopic (exact) mass is 452 g/mol. The topological polar surface area (TPSA) is 53.5 Å². The van der Waals surface area contributed by atoms with Crippen LogP contribution in [-0.4, -0.2) is 41.4 Å². The van der Waals surface area contributed by atoms with Crippen LogP contribution in [0.1, 0.15) is 87.0 Å². The third-order valence-electron chi connectivity index (χ3n) is 7.48. The van der Waals surface area contributed by atoms with Crippen molar-refractivity contribution in [1.82, 2.24) is 10.6 Å². The van der Waals surface area contributed by atoms with Crippen LogP contribution >= 0.6 is 11.6 Å². The number of halogens is 1. The Labute approximate surface area is 195 Å².